The molecule has 0 spiro atoms. The highest BCUT2D eigenvalue weighted by Crippen LogP contribution is 2.26. The number of halogens is 3. The van der Waals surface area contributed by atoms with Crippen molar-refractivity contribution in [1.29, 1.82) is 0 Å². The Labute approximate surface area is 88.6 Å². The van der Waals surface area contributed by atoms with Gasteiger partial charge in [0.15, 0.2) is 0 Å². The number of alkyl halides is 3. The molecule has 1 aromatic heterocycles. The molecule has 0 saturated carbocycles. The molecule has 0 N–H and O–H groups in total. The summed E-state index contributed by atoms with van der Waals surface area (Å²) in [4.78, 5) is 6.75. The van der Waals surface area contributed by atoms with Gasteiger partial charge in [0.1, 0.15) is 11.5 Å². The molecular formula is C10H17F3N2. The number of nitrogens with zero attached hydrogens (tertiary/aromatic N) is 2. The molecule has 0 radical (unpaired) electrons. The molecular weight excluding hydrogens is 205 g/mol. The van der Waals surface area contributed by atoms with Gasteiger partial charge in [0.25, 0.3) is 0 Å². The lowest BCUT2D eigenvalue weighted by Gasteiger charge is -2.04. The van der Waals surface area contributed by atoms with Gasteiger partial charge in [0.2, 0.25) is 0 Å². The molecule has 1 heterocycles. The summed E-state index contributed by atoms with van der Waals surface area (Å²) in [5, 5.41) is 0. The van der Waals surface area contributed by atoms with Gasteiger partial charge in [-0.25, -0.2) is 9.97 Å². The Balaban J connectivity index is 0. The van der Waals surface area contributed by atoms with Gasteiger partial charge in [0, 0.05) is 6.20 Å². The average molecular weight is 222 g/mol. The SMILES string of the molecule is CC.CC.Cc1nccc(C(F)(F)F)n1. The molecule has 1 rings (SSSR count). The molecule has 0 aliphatic carbocycles. The van der Waals surface area contributed by atoms with Crippen molar-refractivity contribution in [1.82, 2.24) is 9.97 Å². The van der Waals surface area contributed by atoms with Gasteiger partial charge in [-0.1, -0.05) is 27.7 Å². The predicted octanol–water partition coefficient (Wildman–Crippen LogP) is 3.86. The van der Waals surface area contributed by atoms with Gasteiger partial charge < -0.3 is 0 Å². The van der Waals surface area contributed by atoms with E-state index in [2.05, 4.69) is 9.97 Å². The van der Waals surface area contributed by atoms with E-state index in [4.69, 9.17) is 0 Å². The van der Waals surface area contributed by atoms with E-state index in [0.717, 1.165) is 12.3 Å². The first-order valence-electron chi connectivity index (χ1n) is 4.87. The fourth-order valence-corrected chi connectivity index (χ4v) is 0.614. The highest BCUT2D eigenvalue weighted by molar-refractivity contribution is 5.04. The van der Waals surface area contributed by atoms with Crippen LogP contribution in [0.25, 0.3) is 0 Å². The highest BCUT2D eigenvalue weighted by Gasteiger charge is 2.32. The molecule has 15 heavy (non-hydrogen) atoms. The molecule has 0 bridgehead atoms. The van der Waals surface area contributed by atoms with E-state index in [1.165, 1.54) is 6.92 Å². The molecule has 0 unspecified atom stereocenters. The van der Waals surface area contributed by atoms with Crippen LogP contribution in [0.1, 0.15) is 39.2 Å². The topological polar surface area (TPSA) is 25.8 Å². The fourth-order valence-electron chi connectivity index (χ4n) is 0.614. The molecule has 5 heteroatoms. The standard InChI is InChI=1S/C6H5F3N2.2C2H6/c1-4-10-3-2-5(11-4)6(7,8)9;2*1-2/h2-3H,1H3;2*1-2H3. The van der Waals surface area contributed by atoms with Gasteiger partial charge in [-0.2, -0.15) is 13.2 Å². The van der Waals surface area contributed by atoms with Crippen LogP contribution < -0.4 is 0 Å². The molecule has 0 aliphatic rings. The zero-order chi connectivity index (χ0) is 12.5. The third-order valence-electron chi connectivity index (χ3n) is 1.07. The summed E-state index contributed by atoms with van der Waals surface area (Å²) < 4.78 is 35.6. The Bertz CT molecular complexity index is 259. The maximum absolute atomic E-state index is 11.9. The molecule has 1 aromatic rings. The summed E-state index contributed by atoms with van der Waals surface area (Å²) in [6.45, 7) is 9.41. The molecule has 2 nitrogen and oxygen atoms in total. The number of aromatic nitrogens is 2. The minimum absolute atomic E-state index is 0.125. The van der Waals surface area contributed by atoms with Crippen LogP contribution in [0.15, 0.2) is 12.3 Å². The first kappa shape index (κ1) is 16.3. The van der Waals surface area contributed by atoms with Crippen LogP contribution in [0.4, 0.5) is 13.2 Å². The number of hydrogen-bond donors (Lipinski definition) is 0. The number of rotatable bonds is 0. The second-order valence-corrected chi connectivity index (χ2v) is 1.99. The summed E-state index contributed by atoms with van der Waals surface area (Å²) in [6.07, 6.45) is -3.28. The minimum Gasteiger partial charge on any atom is -0.242 e. The van der Waals surface area contributed by atoms with Crippen LogP contribution in [-0.2, 0) is 6.18 Å². The third kappa shape index (κ3) is 6.88. The zero-order valence-electron chi connectivity index (χ0n) is 9.68. The first-order valence-corrected chi connectivity index (χ1v) is 4.87. The Kier molecular flexibility index (Phi) is 8.91. The summed E-state index contributed by atoms with van der Waals surface area (Å²) in [7, 11) is 0. The lowest BCUT2D eigenvalue weighted by Crippen LogP contribution is -2.08. The van der Waals surface area contributed by atoms with Gasteiger partial charge in [0.05, 0.1) is 0 Å². The predicted molar refractivity (Wildman–Crippen MR) is 54.5 cm³/mol. The fraction of sp³-hybridized carbons (Fsp3) is 0.600. The van der Waals surface area contributed by atoms with Crippen molar-refractivity contribution in [3.05, 3.63) is 23.8 Å². The Morgan fingerprint density at radius 1 is 1.07 bits per heavy atom. The van der Waals surface area contributed by atoms with Crippen LogP contribution in [0.2, 0.25) is 0 Å². The molecule has 0 aromatic carbocycles. The summed E-state index contributed by atoms with van der Waals surface area (Å²) in [6, 6.07) is 0.840. The van der Waals surface area contributed by atoms with Gasteiger partial charge in [-0.3, -0.25) is 0 Å². The molecule has 0 aliphatic heterocycles. The largest absolute Gasteiger partial charge is 0.433 e. The quantitative estimate of drug-likeness (QED) is 0.666. The normalized spacial score (nSPS) is 9.33. The van der Waals surface area contributed by atoms with Crippen molar-refractivity contribution in [2.45, 2.75) is 40.8 Å². The lowest BCUT2D eigenvalue weighted by atomic mass is 10.4. The Hall–Kier alpha value is -1.13. The molecule has 0 amide bonds. The molecule has 88 valence electrons. The monoisotopic (exact) mass is 222 g/mol. The summed E-state index contributed by atoms with van der Waals surface area (Å²) >= 11 is 0. The molecule has 0 saturated heterocycles. The van der Waals surface area contributed by atoms with Crippen LogP contribution in [0.5, 0.6) is 0 Å². The van der Waals surface area contributed by atoms with E-state index in [9.17, 15) is 13.2 Å². The van der Waals surface area contributed by atoms with Crippen LogP contribution >= 0.6 is 0 Å². The van der Waals surface area contributed by atoms with E-state index in [1.807, 2.05) is 27.7 Å². The van der Waals surface area contributed by atoms with E-state index in [0.29, 0.717) is 0 Å². The molecule has 0 atom stereocenters. The second kappa shape index (κ2) is 8.20. The van der Waals surface area contributed by atoms with Gasteiger partial charge >= 0.3 is 6.18 Å². The van der Waals surface area contributed by atoms with Crippen LogP contribution in [0.3, 0.4) is 0 Å². The van der Waals surface area contributed by atoms with E-state index in [-0.39, 0.29) is 5.82 Å². The van der Waals surface area contributed by atoms with E-state index < -0.39 is 11.9 Å². The Morgan fingerprint density at radius 2 is 1.53 bits per heavy atom. The number of hydrogen-bond acceptors (Lipinski definition) is 2. The highest BCUT2D eigenvalue weighted by atomic mass is 19.4. The maximum Gasteiger partial charge on any atom is 0.433 e. The van der Waals surface area contributed by atoms with Crippen molar-refractivity contribution in [3.8, 4) is 0 Å². The van der Waals surface area contributed by atoms with E-state index >= 15 is 0 Å². The minimum atomic E-state index is -4.37. The average Bonchev–Trinajstić information content (AvgIpc) is 2.23. The molecule has 0 fully saturated rings. The van der Waals surface area contributed by atoms with Crippen LogP contribution in [-0.4, -0.2) is 9.97 Å². The number of aryl methyl sites for hydroxylation is 1. The van der Waals surface area contributed by atoms with Crippen molar-refractivity contribution in [3.63, 3.8) is 0 Å². The lowest BCUT2D eigenvalue weighted by molar-refractivity contribution is -0.141. The van der Waals surface area contributed by atoms with Crippen molar-refractivity contribution >= 4 is 0 Å². The van der Waals surface area contributed by atoms with E-state index in [1.54, 1.807) is 0 Å². The van der Waals surface area contributed by atoms with Gasteiger partial charge in [-0.15, -0.1) is 0 Å². The van der Waals surface area contributed by atoms with Crippen molar-refractivity contribution in [2.24, 2.45) is 0 Å². The van der Waals surface area contributed by atoms with Crippen molar-refractivity contribution in [2.75, 3.05) is 0 Å². The van der Waals surface area contributed by atoms with Gasteiger partial charge in [-0.05, 0) is 13.0 Å². The Morgan fingerprint density at radius 3 is 1.80 bits per heavy atom. The summed E-state index contributed by atoms with van der Waals surface area (Å²) in [5.74, 6) is 0.125. The maximum atomic E-state index is 11.9. The van der Waals surface area contributed by atoms with Crippen LogP contribution in [0, 0.1) is 6.92 Å². The first-order chi connectivity index (χ1) is 7.00. The third-order valence-corrected chi connectivity index (χ3v) is 1.07. The second-order valence-electron chi connectivity index (χ2n) is 1.99. The summed E-state index contributed by atoms with van der Waals surface area (Å²) in [5.41, 5.74) is -0.898. The zero-order valence-corrected chi connectivity index (χ0v) is 9.68. The van der Waals surface area contributed by atoms with Crippen molar-refractivity contribution < 1.29 is 13.2 Å². The smallest absolute Gasteiger partial charge is 0.242 e.